The molecular formula is C19H24N4O2. The van der Waals surface area contributed by atoms with Crippen molar-refractivity contribution in [3.63, 3.8) is 0 Å². The Morgan fingerprint density at radius 3 is 2.68 bits per heavy atom. The summed E-state index contributed by atoms with van der Waals surface area (Å²) in [6.07, 6.45) is 3.39. The Kier molecular flexibility index (Phi) is 6.51. The van der Waals surface area contributed by atoms with E-state index in [0.29, 0.717) is 23.8 Å². The largest absolute Gasteiger partial charge is 0.348 e. The summed E-state index contributed by atoms with van der Waals surface area (Å²) < 4.78 is 0. The molecule has 0 aliphatic heterocycles. The third-order valence-corrected chi connectivity index (χ3v) is 3.96. The van der Waals surface area contributed by atoms with E-state index in [2.05, 4.69) is 41.3 Å². The van der Waals surface area contributed by atoms with Crippen LogP contribution in [0.5, 0.6) is 0 Å². The molecule has 1 aromatic carbocycles. The van der Waals surface area contributed by atoms with Gasteiger partial charge in [-0.1, -0.05) is 39.0 Å². The zero-order valence-electron chi connectivity index (χ0n) is 14.6. The summed E-state index contributed by atoms with van der Waals surface area (Å²) in [5, 5.41) is 12.6. The predicted octanol–water partition coefficient (Wildman–Crippen LogP) is 3.37. The van der Waals surface area contributed by atoms with Crippen molar-refractivity contribution in [3.8, 4) is 0 Å². The molecule has 25 heavy (non-hydrogen) atoms. The van der Waals surface area contributed by atoms with Crippen LogP contribution >= 0.6 is 0 Å². The lowest BCUT2D eigenvalue weighted by Gasteiger charge is -2.06. The number of rotatable bonds is 8. The number of H-pyrrole nitrogens is 1. The predicted molar refractivity (Wildman–Crippen MR) is 98.3 cm³/mol. The van der Waals surface area contributed by atoms with Crippen molar-refractivity contribution in [2.45, 2.75) is 39.2 Å². The molecule has 6 heteroatoms. The lowest BCUT2D eigenvalue weighted by molar-refractivity contribution is -0.116. The van der Waals surface area contributed by atoms with Gasteiger partial charge in [0.05, 0.1) is 0 Å². The standard InChI is InChI=1S/C19H24N4O2/c1-4-6-13(3)16-11-17(23-22-16)21-19(25)15-9-7-14(8-10-15)12-20-18(24)5-2/h5,7-11,13H,2,4,6,12H2,1,3H3,(H,20,24)(H2,21,22,23,25). The number of carbonyl (C=O) groups excluding carboxylic acids is 2. The fourth-order valence-electron chi connectivity index (χ4n) is 2.47. The highest BCUT2D eigenvalue weighted by molar-refractivity contribution is 6.03. The van der Waals surface area contributed by atoms with Gasteiger partial charge in [0, 0.05) is 23.9 Å². The minimum absolute atomic E-state index is 0.220. The van der Waals surface area contributed by atoms with Gasteiger partial charge in [0.25, 0.3) is 5.91 Å². The molecule has 0 radical (unpaired) electrons. The van der Waals surface area contributed by atoms with Gasteiger partial charge in [0.2, 0.25) is 5.91 Å². The number of carbonyl (C=O) groups is 2. The molecule has 1 aromatic heterocycles. The van der Waals surface area contributed by atoms with Crippen LogP contribution in [-0.2, 0) is 11.3 Å². The van der Waals surface area contributed by atoms with Gasteiger partial charge in [-0.05, 0) is 36.1 Å². The Bertz CT molecular complexity index is 734. The highest BCUT2D eigenvalue weighted by Crippen LogP contribution is 2.20. The van der Waals surface area contributed by atoms with Crippen LogP contribution in [0.1, 0.15) is 54.2 Å². The molecule has 2 amide bonds. The normalized spacial score (nSPS) is 11.6. The molecule has 0 saturated heterocycles. The van der Waals surface area contributed by atoms with E-state index >= 15 is 0 Å². The van der Waals surface area contributed by atoms with Crippen molar-refractivity contribution in [1.29, 1.82) is 0 Å². The van der Waals surface area contributed by atoms with E-state index < -0.39 is 0 Å². The minimum atomic E-state index is -0.228. The third kappa shape index (κ3) is 5.31. The molecule has 1 unspecified atom stereocenters. The number of benzene rings is 1. The van der Waals surface area contributed by atoms with Crippen molar-refractivity contribution in [1.82, 2.24) is 15.5 Å². The second-order valence-corrected chi connectivity index (χ2v) is 5.97. The van der Waals surface area contributed by atoms with Crippen LogP contribution < -0.4 is 10.6 Å². The summed E-state index contributed by atoms with van der Waals surface area (Å²) >= 11 is 0. The van der Waals surface area contributed by atoms with Crippen molar-refractivity contribution < 1.29 is 9.59 Å². The number of anilines is 1. The van der Waals surface area contributed by atoms with Crippen LogP contribution in [0.15, 0.2) is 43.0 Å². The van der Waals surface area contributed by atoms with Crippen LogP contribution in [0.3, 0.4) is 0 Å². The van der Waals surface area contributed by atoms with E-state index in [1.807, 2.05) is 6.07 Å². The molecule has 2 rings (SSSR count). The van der Waals surface area contributed by atoms with Gasteiger partial charge in [-0.25, -0.2) is 0 Å². The summed E-state index contributed by atoms with van der Waals surface area (Å²) in [5.74, 6) is 0.454. The fraction of sp³-hybridized carbons (Fsp3) is 0.316. The third-order valence-electron chi connectivity index (χ3n) is 3.96. The monoisotopic (exact) mass is 340 g/mol. The number of nitrogens with zero attached hydrogens (tertiary/aromatic N) is 1. The summed E-state index contributed by atoms with van der Waals surface area (Å²) in [7, 11) is 0. The molecule has 2 aromatic rings. The molecule has 0 fully saturated rings. The Hall–Kier alpha value is -2.89. The van der Waals surface area contributed by atoms with Crippen LogP contribution in [0, 0.1) is 0 Å². The summed E-state index contributed by atoms with van der Waals surface area (Å²) in [6.45, 7) is 8.07. The molecule has 0 spiro atoms. The first-order chi connectivity index (χ1) is 12.0. The van der Waals surface area contributed by atoms with Gasteiger partial charge in [0.15, 0.2) is 5.82 Å². The molecule has 132 valence electrons. The maximum absolute atomic E-state index is 12.3. The van der Waals surface area contributed by atoms with E-state index in [4.69, 9.17) is 0 Å². The average molecular weight is 340 g/mol. The Balaban J connectivity index is 1.94. The second kappa shape index (κ2) is 8.82. The molecule has 6 nitrogen and oxygen atoms in total. The van der Waals surface area contributed by atoms with Crippen LogP contribution in [0.4, 0.5) is 5.82 Å². The van der Waals surface area contributed by atoms with Crippen LogP contribution in [-0.4, -0.2) is 22.0 Å². The van der Waals surface area contributed by atoms with Gasteiger partial charge in [-0.15, -0.1) is 0 Å². The Morgan fingerprint density at radius 1 is 1.32 bits per heavy atom. The quantitative estimate of drug-likeness (QED) is 0.644. The first-order valence-electron chi connectivity index (χ1n) is 8.39. The molecule has 0 aliphatic rings. The zero-order valence-corrected chi connectivity index (χ0v) is 14.6. The van der Waals surface area contributed by atoms with E-state index in [0.717, 1.165) is 24.1 Å². The lowest BCUT2D eigenvalue weighted by atomic mass is 10.0. The zero-order chi connectivity index (χ0) is 18.2. The number of aromatic amines is 1. The lowest BCUT2D eigenvalue weighted by Crippen LogP contribution is -2.20. The summed E-state index contributed by atoms with van der Waals surface area (Å²) in [6, 6.07) is 8.92. The number of amides is 2. The van der Waals surface area contributed by atoms with E-state index in [1.54, 1.807) is 24.3 Å². The van der Waals surface area contributed by atoms with Gasteiger partial charge in [0.1, 0.15) is 0 Å². The summed E-state index contributed by atoms with van der Waals surface area (Å²) in [4.78, 5) is 23.4. The van der Waals surface area contributed by atoms with Gasteiger partial charge in [-0.2, -0.15) is 5.10 Å². The Morgan fingerprint density at radius 2 is 2.04 bits per heavy atom. The van der Waals surface area contributed by atoms with Crippen molar-refractivity contribution in [2.24, 2.45) is 0 Å². The summed E-state index contributed by atoms with van der Waals surface area (Å²) in [5.41, 5.74) is 2.46. The maximum atomic E-state index is 12.3. The molecule has 3 N–H and O–H groups in total. The number of hydrogen-bond donors (Lipinski definition) is 3. The van der Waals surface area contributed by atoms with Crippen molar-refractivity contribution >= 4 is 17.6 Å². The fourth-order valence-corrected chi connectivity index (χ4v) is 2.47. The van der Waals surface area contributed by atoms with Gasteiger partial charge >= 0.3 is 0 Å². The molecule has 0 saturated carbocycles. The second-order valence-electron chi connectivity index (χ2n) is 5.97. The average Bonchev–Trinajstić information content (AvgIpc) is 3.08. The Labute approximate surface area is 147 Å². The smallest absolute Gasteiger partial charge is 0.256 e. The minimum Gasteiger partial charge on any atom is -0.348 e. The van der Waals surface area contributed by atoms with E-state index in [9.17, 15) is 9.59 Å². The molecule has 1 heterocycles. The van der Waals surface area contributed by atoms with Crippen LogP contribution in [0.2, 0.25) is 0 Å². The molecule has 0 aliphatic carbocycles. The topological polar surface area (TPSA) is 86.9 Å². The van der Waals surface area contributed by atoms with Crippen LogP contribution in [0.25, 0.3) is 0 Å². The maximum Gasteiger partial charge on any atom is 0.256 e. The molecule has 1 atom stereocenters. The number of hydrogen-bond acceptors (Lipinski definition) is 3. The SMILES string of the molecule is C=CC(=O)NCc1ccc(C(=O)Nc2cc(C(C)CCC)[nH]n2)cc1. The first kappa shape index (κ1) is 18.4. The molecule has 0 bridgehead atoms. The van der Waals surface area contributed by atoms with E-state index in [-0.39, 0.29) is 11.8 Å². The highest BCUT2D eigenvalue weighted by atomic mass is 16.2. The van der Waals surface area contributed by atoms with Gasteiger partial charge in [-0.3, -0.25) is 14.7 Å². The van der Waals surface area contributed by atoms with Gasteiger partial charge < -0.3 is 10.6 Å². The first-order valence-corrected chi connectivity index (χ1v) is 8.39. The van der Waals surface area contributed by atoms with E-state index in [1.165, 1.54) is 6.08 Å². The number of aromatic nitrogens is 2. The van der Waals surface area contributed by atoms with Crippen molar-refractivity contribution in [3.05, 3.63) is 59.8 Å². The van der Waals surface area contributed by atoms with Crippen molar-refractivity contribution in [2.75, 3.05) is 5.32 Å². The highest BCUT2D eigenvalue weighted by Gasteiger charge is 2.11. The number of nitrogens with one attached hydrogen (secondary N) is 3. The molecular weight excluding hydrogens is 316 g/mol.